The van der Waals surface area contributed by atoms with Gasteiger partial charge in [-0.25, -0.2) is 4.68 Å². The first-order valence-electron chi connectivity index (χ1n) is 6.56. The Bertz CT molecular complexity index is 423. The van der Waals surface area contributed by atoms with Crippen LogP contribution < -0.4 is 10.6 Å². The van der Waals surface area contributed by atoms with Crippen LogP contribution in [-0.4, -0.2) is 22.9 Å². The number of nitrogens with zero attached hydrogens (tertiary/aromatic N) is 4. The van der Waals surface area contributed by atoms with E-state index in [4.69, 9.17) is 5.73 Å². The van der Waals surface area contributed by atoms with Gasteiger partial charge < -0.3 is 10.6 Å². The lowest BCUT2D eigenvalue weighted by Gasteiger charge is -2.17. The molecule has 0 saturated carbocycles. The predicted octanol–water partition coefficient (Wildman–Crippen LogP) is 2.23. The van der Waals surface area contributed by atoms with Crippen molar-refractivity contribution in [1.29, 1.82) is 5.26 Å². The van der Waals surface area contributed by atoms with E-state index in [1.165, 1.54) is 0 Å². The van der Waals surface area contributed by atoms with Crippen LogP contribution in [-0.2, 0) is 6.54 Å². The summed E-state index contributed by atoms with van der Waals surface area (Å²) in [6.07, 6.45) is 1.01. The average molecular weight is 249 g/mol. The maximum absolute atomic E-state index is 9.22. The minimum Gasteiger partial charge on any atom is -0.383 e. The molecule has 0 bridgehead atoms. The molecule has 0 aliphatic carbocycles. The summed E-state index contributed by atoms with van der Waals surface area (Å²) >= 11 is 0. The monoisotopic (exact) mass is 249 g/mol. The lowest BCUT2D eigenvalue weighted by molar-refractivity contribution is 0.491. The SMILES string of the molecule is CCN(CC)c1nn(CCC(C)C)c(N)c1C#N. The molecule has 0 saturated heterocycles. The van der Waals surface area contributed by atoms with Crippen LogP contribution in [0.2, 0.25) is 0 Å². The van der Waals surface area contributed by atoms with Crippen molar-refractivity contribution in [2.45, 2.75) is 40.7 Å². The van der Waals surface area contributed by atoms with Crippen LogP contribution in [0.3, 0.4) is 0 Å². The third-order valence-electron chi connectivity index (χ3n) is 3.07. The molecule has 1 aromatic heterocycles. The van der Waals surface area contributed by atoms with E-state index in [1.54, 1.807) is 4.68 Å². The number of hydrogen-bond acceptors (Lipinski definition) is 4. The average Bonchev–Trinajstić information content (AvgIpc) is 2.65. The molecule has 0 unspecified atom stereocenters. The molecular weight excluding hydrogens is 226 g/mol. The molecule has 18 heavy (non-hydrogen) atoms. The zero-order valence-corrected chi connectivity index (χ0v) is 11.8. The Morgan fingerprint density at radius 3 is 2.44 bits per heavy atom. The Labute approximate surface area is 109 Å². The number of rotatable bonds is 6. The standard InChI is InChI=1S/C13H23N5/c1-5-17(6-2)13-11(9-14)12(15)18(16-13)8-7-10(3)4/h10H,5-8,15H2,1-4H3. The van der Waals surface area contributed by atoms with E-state index in [0.717, 1.165) is 26.1 Å². The molecule has 0 spiro atoms. The molecule has 0 aliphatic rings. The second kappa shape index (κ2) is 6.29. The number of nitrogens with two attached hydrogens (primary N) is 1. The van der Waals surface area contributed by atoms with Gasteiger partial charge in [-0.05, 0) is 26.2 Å². The molecule has 100 valence electrons. The molecule has 1 aromatic rings. The molecule has 0 radical (unpaired) electrons. The predicted molar refractivity (Wildman–Crippen MR) is 74.4 cm³/mol. The van der Waals surface area contributed by atoms with Crippen molar-refractivity contribution in [2.24, 2.45) is 5.92 Å². The third kappa shape index (κ3) is 2.95. The maximum Gasteiger partial charge on any atom is 0.170 e. The molecule has 0 aliphatic heterocycles. The number of hydrogen-bond donors (Lipinski definition) is 1. The molecule has 0 aromatic carbocycles. The highest BCUT2D eigenvalue weighted by Crippen LogP contribution is 2.24. The van der Waals surface area contributed by atoms with Gasteiger partial charge >= 0.3 is 0 Å². The topological polar surface area (TPSA) is 70.9 Å². The van der Waals surface area contributed by atoms with Gasteiger partial charge in [-0.15, -0.1) is 0 Å². The van der Waals surface area contributed by atoms with Crippen LogP contribution in [0.1, 0.15) is 39.7 Å². The Morgan fingerprint density at radius 1 is 1.39 bits per heavy atom. The Balaban J connectivity index is 3.05. The summed E-state index contributed by atoms with van der Waals surface area (Å²) < 4.78 is 1.76. The highest BCUT2D eigenvalue weighted by atomic mass is 15.4. The maximum atomic E-state index is 9.22. The third-order valence-corrected chi connectivity index (χ3v) is 3.07. The van der Waals surface area contributed by atoms with Gasteiger partial charge in [-0.2, -0.15) is 10.4 Å². The second-order valence-corrected chi connectivity index (χ2v) is 4.77. The Hall–Kier alpha value is -1.70. The minimum absolute atomic E-state index is 0.486. The smallest absolute Gasteiger partial charge is 0.170 e. The van der Waals surface area contributed by atoms with Crippen molar-refractivity contribution >= 4 is 11.6 Å². The summed E-state index contributed by atoms with van der Waals surface area (Å²) in [6.45, 7) is 10.8. The van der Waals surface area contributed by atoms with Crippen molar-refractivity contribution < 1.29 is 0 Å². The summed E-state index contributed by atoms with van der Waals surface area (Å²) in [5.41, 5.74) is 6.50. The van der Waals surface area contributed by atoms with Crippen molar-refractivity contribution in [3.05, 3.63) is 5.56 Å². The van der Waals surface area contributed by atoms with E-state index in [-0.39, 0.29) is 0 Å². The number of nitriles is 1. The molecule has 5 heteroatoms. The molecule has 2 N–H and O–H groups in total. The Kier molecular flexibility index (Phi) is 5.02. The molecule has 0 amide bonds. The fraction of sp³-hybridized carbons (Fsp3) is 0.692. The molecule has 0 atom stereocenters. The quantitative estimate of drug-likeness (QED) is 0.839. The van der Waals surface area contributed by atoms with Gasteiger partial charge in [0, 0.05) is 19.6 Å². The molecule has 0 fully saturated rings. The number of aromatic nitrogens is 2. The largest absolute Gasteiger partial charge is 0.383 e. The van der Waals surface area contributed by atoms with Crippen LogP contribution in [0.25, 0.3) is 0 Å². The zero-order chi connectivity index (χ0) is 13.7. The summed E-state index contributed by atoms with van der Waals surface area (Å²) in [4.78, 5) is 2.06. The molecule has 5 nitrogen and oxygen atoms in total. The van der Waals surface area contributed by atoms with Gasteiger partial charge in [0.1, 0.15) is 17.5 Å². The number of aryl methyl sites for hydroxylation is 1. The summed E-state index contributed by atoms with van der Waals surface area (Å²) in [6, 6.07) is 2.17. The fourth-order valence-corrected chi connectivity index (χ4v) is 1.86. The van der Waals surface area contributed by atoms with Crippen LogP contribution >= 0.6 is 0 Å². The van der Waals surface area contributed by atoms with Crippen LogP contribution in [0, 0.1) is 17.2 Å². The zero-order valence-electron chi connectivity index (χ0n) is 11.8. The highest BCUT2D eigenvalue weighted by molar-refractivity contribution is 5.64. The van der Waals surface area contributed by atoms with Crippen molar-refractivity contribution in [2.75, 3.05) is 23.7 Å². The van der Waals surface area contributed by atoms with Gasteiger partial charge in [0.2, 0.25) is 0 Å². The van der Waals surface area contributed by atoms with Crippen molar-refractivity contribution in [3.8, 4) is 6.07 Å². The van der Waals surface area contributed by atoms with Crippen molar-refractivity contribution in [3.63, 3.8) is 0 Å². The normalized spacial score (nSPS) is 10.7. The van der Waals surface area contributed by atoms with Crippen LogP contribution in [0.15, 0.2) is 0 Å². The van der Waals surface area contributed by atoms with E-state index in [2.05, 4.69) is 29.9 Å². The van der Waals surface area contributed by atoms with Gasteiger partial charge in [0.25, 0.3) is 0 Å². The van der Waals surface area contributed by atoms with Gasteiger partial charge in [-0.1, -0.05) is 13.8 Å². The lowest BCUT2D eigenvalue weighted by atomic mass is 10.1. The van der Waals surface area contributed by atoms with E-state index in [0.29, 0.717) is 23.1 Å². The Morgan fingerprint density at radius 2 is 2.00 bits per heavy atom. The summed E-state index contributed by atoms with van der Waals surface area (Å²) in [7, 11) is 0. The molecule has 1 rings (SSSR count). The van der Waals surface area contributed by atoms with E-state index in [9.17, 15) is 5.26 Å². The molecule has 1 heterocycles. The van der Waals surface area contributed by atoms with E-state index in [1.807, 2.05) is 13.8 Å². The van der Waals surface area contributed by atoms with Crippen molar-refractivity contribution in [1.82, 2.24) is 9.78 Å². The summed E-state index contributed by atoms with van der Waals surface area (Å²) in [5.74, 6) is 1.79. The molecular formula is C13H23N5. The lowest BCUT2D eigenvalue weighted by Crippen LogP contribution is -2.23. The van der Waals surface area contributed by atoms with E-state index < -0.39 is 0 Å². The first kappa shape index (κ1) is 14.4. The summed E-state index contributed by atoms with van der Waals surface area (Å²) in [5, 5.41) is 13.7. The van der Waals surface area contributed by atoms with Crippen LogP contribution in [0.4, 0.5) is 11.6 Å². The van der Waals surface area contributed by atoms with E-state index >= 15 is 0 Å². The van der Waals surface area contributed by atoms with Gasteiger partial charge in [0.05, 0.1) is 0 Å². The number of nitrogen functional groups attached to an aromatic ring is 1. The second-order valence-electron chi connectivity index (χ2n) is 4.77. The number of anilines is 2. The van der Waals surface area contributed by atoms with Gasteiger partial charge in [0.15, 0.2) is 5.82 Å². The van der Waals surface area contributed by atoms with Crippen LogP contribution in [0.5, 0.6) is 0 Å². The highest BCUT2D eigenvalue weighted by Gasteiger charge is 2.19. The minimum atomic E-state index is 0.486. The van der Waals surface area contributed by atoms with Gasteiger partial charge in [-0.3, -0.25) is 0 Å². The fourth-order valence-electron chi connectivity index (χ4n) is 1.86. The first-order chi connectivity index (χ1) is 8.54. The first-order valence-corrected chi connectivity index (χ1v) is 6.56.